The number of imidazole rings is 1. The van der Waals surface area contributed by atoms with E-state index >= 15 is 0 Å². The number of hydrogen-bond donors (Lipinski definition) is 2. The van der Waals surface area contributed by atoms with Gasteiger partial charge in [0.2, 0.25) is 5.91 Å². The molecule has 1 aromatic heterocycles. The number of nitrogens with zero attached hydrogens (tertiary/aromatic N) is 1. The van der Waals surface area contributed by atoms with E-state index in [-0.39, 0.29) is 11.2 Å². The van der Waals surface area contributed by atoms with Crippen molar-refractivity contribution in [3.8, 4) is 0 Å². The molecule has 0 unspecified atom stereocenters. The van der Waals surface area contributed by atoms with Gasteiger partial charge in [-0.2, -0.15) is 0 Å². The van der Waals surface area contributed by atoms with Gasteiger partial charge in [-0.1, -0.05) is 48.2 Å². The Morgan fingerprint density at radius 1 is 1.26 bits per heavy atom. The molecule has 0 aliphatic carbocycles. The Labute approximate surface area is 139 Å². The molecule has 0 fully saturated rings. The lowest BCUT2D eigenvalue weighted by atomic mass is 10.2. The van der Waals surface area contributed by atoms with Crippen LogP contribution in [0.25, 0.3) is 11.0 Å². The topological polar surface area (TPSA) is 57.8 Å². The normalized spacial score (nSPS) is 12.3. The molecule has 1 amide bonds. The summed E-state index contributed by atoms with van der Waals surface area (Å²) in [5, 5.41) is 3.52. The first kappa shape index (κ1) is 15.6. The third kappa shape index (κ3) is 3.93. The zero-order valence-electron chi connectivity index (χ0n) is 13.2. The predicted molar refractivity (Wildman–Crippen MR) is 94.4 cm³/mol. The molecule has 0 saturated carbocycles. The average molecular weight is 325 g/mol. The van der Waals surface area contributed by atoms with Gasteiger partial charge in [0.25, 0.3) is 0 Å². The molecule has 0 aliphatic rings. The second kappa shape index (κ2) is 6.87. The highest BCUT2D eigenvalue weighted by molar-refractivity contribution is 8.00. The zero-order chi connectivity index (χ0) is 16.2. The van der Waals surface area contributed by atoms with Gasteiger partial charge in [0.15, 0.2) is 5.16 Å². The van der Waals surface area contributed by atoms with E-state index in [2.05, 4.69) is 21.4 Å². The van der Waals surface area contributed by atoms with E-state index in [0.29, 0.717) is 6.54 Å². The van der Waals surface area contributed by atoms with Gasteiger partial charge in [-0.05, 0) is 37.1 Å². The van der Waals surface area contributed by atoms with Crippen molar-refractivity contribution in [3.63, 3.8) is 0 Å². The maximum atomic E-state index is 12.2. The summed E-state index contributed by atoms with van der Waals surface area (Å²) in [7, 11) is 0. The van der Waals surface area contributed by atoms with Crippen molar-refractivity contribution in [2.45, 2.75) is 30.8 Å². The van der Waals surface area contributed by atoms with Crippen molar-refractivity contribution in [1.82, 2.24) is 15.3 Å². The number of rotatable bonds is 5. The second-order valence-electron chi connectivity index (χ2n) is 5.53. The molecular formula is C18H19N3OS. The number of nitrogens with one attached hydrogen (secondary N) is 2. The first-order valence-electron chi connectivity index (χ1n) is 7.56. The molecule has 2 N–H and O–H groups in total. The molecule has 5 heteroatoms. The fraction of sp³-hybridized carbons (Fsp3) is 0.222. The van der Waals surface area contributed by atoms with E-state index in [9.17, 15) is 4.79 Å². The molecule has 1 heterocycles. The number of carbonyl (C=O) groups is 1. The molecule has 3 aromatic rings. The molecule has 0 bridgehead atoms. The second-order valence-corrected chi connectivity index (χ2v) is 6.86. The van der Waals surface area contributed by atoms with Gasteiger partial charge >= 0.3 is 0 Å². The number of aryl methyl sites for hydroxylation is 1. The fourth-order valence-corrected chi connectivity index (χ4v) is 3.15. The number of fused-ring (bicyclic) bond motifs is 1. The Bertz CT molecular complexity index is 814. The summed E-state index contributed by atoms with van der Waals surface area (Å²) in [5.74, 6) is 0.00971. The Hall–Kier alpha value is -2.27. The van der Waals surface area contributed by atoms with E-state index in [4.69, 9.17) is 0 Å². The molecule has 0 aliphatic heterocycles. The number of H-pyrrole nitrogens is 1. The van der Waals surface area contributed by atoms with Crippen LogP contribution in [0.3, 0.4) is 0 Å². The molecule has 118 valence electrons. The van der Waals surface area contributed by atoms with Crippen molar-refractivity contribution < 1.29 is 4.79 Å². The molecule has 1 atom stereocenters. The molecule has 0 radical (unpaired) electrons. The summed E-state index contributed by atoms with van der Waals surface area (Å²) in [6.07, 6.45) is 0. The van der Waals surface area contributed by atoms with Gasteiger partial charge in [0.05, 0.1) is 16.3 Å². The Kier molecular flexibility index (Phi) is 4.67. The first-order valence-corrected chi connectivity index (χ1v) is 8.44. The smallest absolute Gasteiger partial charge is 0.233 e. The maximum Gasteiger partial charge on any atom is 0.233 e. The van der Waals surface area contributed by atoms with Crippen molar-refractivity contribution >= 4 is 28.7 Å². The minimum absolute atomic E-state index is 0.00971. The predicted octanol–water partition coefficient (Wildman–Crippen LogP) is 3.67. The number of benzene rings is 2. The summed E-state index contributed by atoms with van der Waals surface area (Å²) >= 11 is 1.44. The number of aromatic amines is 1. The van der Waals surface area contributed by atoms with E-state index in [0.717, 1.165) is 21.8 Å². The summed E-state index contributed by atoms with van der Waals surface area (Å²) in [5.41, 5.74) is 4.21. The number of thioether (sulfide) groups is 1. The summed E-state index contributed by atoms with van der Waals surface area (Å²) in [4.78, 5) is 20.0. The van der Waals surface area contributed by atoms with E-state index in [1.54, 1.807) is 0 Å². The third-order valence-electron chi connectivity index (χ3n) is 3.58. The van der Waals surface area contributed by atoms with Crippen LogP contribution in [0.1, 0.15) is 18.1 Å². The van der Waals surface area contributed by atoms with Crippen LogP contribution in [0.15, 0.2) is 53.7 Å². The van der Waals surface area contributed by atoms with Gasteiger partial charge in [-0.25, -0.2) is 4.98 Å². The highest BCUT2D eigenvalue weighted by Crippen LogP contribution is 2.24. The van der Waals surface area contributed by atoms with Crippen LogP contribution in [-0.2, 0) is 11.3 Å². The molecule has 23 heavy (non-hydrogen) atoms. The summed E-state index contributed by atoms with van der Waals surface area (Å²) in [6.45, 7) is 4.49. The largest absolute Gasteiger partial charge is 0.351 e. The lowest BCUT2D eigenvalue weighted by molar-refractivity contribution is -0.120. The van der Waals surface area contributed by atoms with E-state index in [1.807, 2.05) is 56.3 Å². The van der Waals surface area contributed by atoms with Crippen LogP contribution in [0.4, 0.5) is 0 Å². The zero-order valence-corrected chi connectivity index (χ0v) is 14.0. The number of aromatic nitrogens is 2. The lowest BCUT2D eigenvalue weighted by Gasteiger charge is -2.10. The standard InChI is InChI=1S/C18H19N3OS/c1-12-8-9-15-16(10-12)21-18(20-15)23-13(2)17(22)19-11-14-6-4-3-5-7-14/h3-10,13H,11H2,1-2H3,(H,19,22)(H,20,21)/t13-/m1/s1. The SMILES string of the molecule is Cc1ccc2nc(S[C@H](C)C(=O)NCc3ccccc3)[nH]c2c1. The highest BCUT2D eigenvalue weighted by Gasteiger charge is 2.16. The third-order valence-corrected chi connectivity index (χ3v) is 4.57. The number of amides is 1. The van der Waals surface area contributed by atoms with Crippen LogP contribution in [0, 0.1) is 6.92 Å². The van der Waals surface area contributed by atoms with Crippen molar-refractivity contribution in [2.75, 3.05) is 0 Å². The number of hydrogen-bond acceptors (Lipinski definition) is 3. The van der Waals surface area contributed by atoms with Crippen molar-refractivity contribution in [3.05, 3.63) is 59.7 Å². The van der Waals surface area contributed by atoms with Crippen LogP contribution in [0.5, 0.6) is 0 Å². The van der Waals surface area contributed by atoms with Gasteiger partial charge < -0.3 is 10.3 Å². The molecule has 3 rings (SSSR count). The summed E-state index contributed by atoms with van der Waals surface area (Å²) in [6, 6.07) is 16.0. The summed E-state index contributed by atoms with van der Waals surface area (Å²) < 4.78 is 0. The highest BCUT2D eigenvalue weighted by atomic mass is 32.2. The Morgan fingerprint density at radius 2 is 2.04 bits per heavy atom. The van der Waals surface area contributed by atoms with E-state index in [1.165, 1.54) is 17.3 Å². The Balaban J connectivity index is 1.60. The van der Waals surface area contributed by atoms with E-state index < -0.39 is 0 Å². The van der Waals surface area contributed by atoms with Crippen LogP contribution < -0.4 is 5.32 Å². The number of carbonyl (C=O) groups excluding carboxylic acids is 1. The van der Waals surface area contributed by atoms with Gasteiger partial charge in [-0.3, -0.25) is 4.79 Å². The molecule has 0 saturated heterocycles. The van der Waals surface area contributed by atoms with Gasteiger partial charge in [-0.15, -0.1) is 0 Å². The Morgan fingerprint density at radius 3 is 2.83 bits per heavy atom. The average Bonchev–Trinajstić information content (AvgIpc) is 2.94. The molecule has 0 spiro atoms. The lowest BCUT2D eigenvalue weighted by Crippen LogP contribution is -2.30. The minimum atomic E-state index is -0.208. The maximum absolute atomic E-state index is 12.2. The fourth-order valence-electron chi connectivity index (χ4n) is 2.31. The molecule has 2 aromatic carbocycles. The van der Waals surface area contributed by atoms with Gasteiger partial charge in [0.1, 0.15) is 0 Å². The van der Waals surface area contributed by atoms with Crippen molar-refractivity contribution in [1.29, 1.82) is 0 Å². The monoisotopic (exact) mass is 325 g/mol. The van der Waals surface area contributed by atoms with Crippen LogP contribution in [-0.4, -0.2) is 21.1 Å². The minimum Gasteiger partial charge on any atom is -0.351 e. The van der Waals surface area contributed by atoms with Crippen LogP contribution in [0.2, 0.25) is 0 Å². The van der Waals surface area contributed by atoms with Gasteiger partial charge in [0, 0.05) is 6.54 Å². The first-order chi connectivity index (χ1) is 11.1. The quantitative estimate of drug-likeness (QED) is 0.704. The van der Waals surface area contributed by atoms with Crippen molar-refractivity contribution in [2.24, 2.45) is 0 Å². The molecule has 4 nitrogen and oxygen atoms in total. The molecular weight excluding hydrogens is 306 g/mol. The van der Waals surface area contributed by atoms with Crippen LogP contribution >= 0.6 is 11.8 Å².